The van der Waals surface area contributed by atoms with E-state index >= 15 is 0 Å². The Kier molecular flexibility index (Phi) is 7.43. The molecule has 1 spiro atoms. The van der Waals surface area contributed by atoms with Crippen molar-refractivity contribution in [2.45, 2.75) is 37.5 Å². The molecule has 0 saturated heterocycles. The first-order valence-corrected chi connectivity index (χ1v) is 22.0. The summed E-state index contributed by atoms with van der Waals surface area (Å²) in [5.74, 6) is 0. The Labute approximate surface area is 363 Å². The van der Waals surface area contributed by atoms with E-state index in [0.29, 0.717) is 0 Å². The van der Waals surface area contributed by atoms with Gasteiger partial charge in [0.1, 0.15) is 0 Å². The van der Waals surface area contributed by atoms with Crippen LogP contribution in [0, 0.1) is 0 Å². The van der Waals surface area contributed by atoms with Crippen LogP contribution >= 0.6 is 0 Å². The highest BCUT2D eigenvalue weighted by molar-refractivity contribution is 6.10. The smallest absolute Gasteiger partial charge is 0.0561 e. The van der Waals surface area contributed by atoms with Gasteiger partial charge in [-0.1, -0.05) is 159 Å². The number of rotatable bonds is 5. The van der Waals surface area contributed by atoms with Crippen LogP contribution in [0.15, 0.2) is 206 Å². The Morgan fingerprint density at radius 3 is 1.73 bits per heavy atom. The van der Waals surface area contributed by atoms with Crippen molar-refractivity contribution in [2.75, 3.05) is 4.90 Å². The highest BCUT2D eigenvalue weighted by Gasteiger charge is 2.47. The maximum Gasteiger partial charge on any atom is 0.0561 e. The van der Waals surface area contributed by atoms with Gasteiger partial charge >= 0.3 is 0 Å². The molecule has 0 fully saturated rings. The lowest BCUT2D eigenvalue weighted by Crippen LogP contribution is -2.25. The van der Waals surface area contributed by atoms with Crippen LogP contribution in [-0.4, -0.2) is 4.57 Å². The number of nitrogens with zero attached hydrogens (tertiary/aromatic N) is 2. The molecule has 0 bridgehead atoms. The Bertz CT molecular complexity index is 3410. The summed E-state index contributed by atoms with van der Waals surface area (Å²) in [5, 5.41) is 2.50. The number of hydrogen-bond donors (Lipinski definition) is 0. The summed E-state index contributed by atoms with van der Waals surface area (Å²) in [4.78, 5) is 2.46. The molecule has 10 aromatic rings. The average Bonchev–Trinajstić information content (AvgIpc) is 4.02. The molecule has 2 heteroatoms. The van der Waals surface area contributed by atoms with Crippen molar-refractivity contribution >= 4 is 38.9 Å². The molecular weight excluding hydrogens is 749 g/mol. The summed E-state index contributed by atoms with van der Waals surface area (Å²) in [5.41, 5.74) is 23.3. The van der Waals surface area contributed by atoms with Crippen molar-refractivity contribution in [3.05, 3.63) is 240 Å². The zero-order valence-corrected chi connectivity index (χ0v) is 34.9. The van der Waals surface area contributed by atoms with Crippen LogP contribution < -0.4 is 4.90 Å². The fourth-order valence-electron chi connectivity index (χ4n) is 11.7. The van der Waals surface area contributed by atoms with Crippen molar-refractivity contribution in [1.82, 2.24) is 4.57 Å². The first kappa shape index (κ1) is 35.3. The summed E-state index contributed by atoms with van der Waals surface area (Å²) < 4.78 is 2.42. The summed E-state index contributed by atoms with van der Waals surface area (Å²) in [6.45, 7) is 4.74. The van der Waals surface area contributed by atoms with Gasteiger partial charge in [-0.3, -0.25) is 0 Å². The van der Waals surface area contributed by atoms with Crippen molar-refractivity contribution in [3.63, 3.8) is 0 Å². The molecule has 62 heavy (non-hydrogen) atoms. The van der Waals surface area contributed by atoms with Crippen LogP contribution in [0.2, 0.25) is 0 Å². The van der Waals surface area contributed by atoms with Gasteiger partial charge in [0.05, 0.1) is 11.0 Å². The van der Waals surface area contributed by atoms with E-state index in [2.05, 4.69) is 230 Å². The number of fused-ring (bicyclic) bond motifs is 12. The standard InChI is InChI=1S/C60H44N2/c1-59(2)53-21-11-8-18-47(53)49-32-29-45(35-55(49)59)61(46-30-33-52-51-20-10-13-23-57(51)62(58(52)36-46)43-16-4-3-5-17-43)44-27-24-39(25-28-44)40-26-31-50-48-19-9-12-22-54(48)60(56(50)34-40)37-41-14-6-7-15-42(41)38-60/h3-36H,37-38H2,1-2H3. The molecule has 9 aromatic carbocycles. The van der Waals surface area contributed by atoms with Gasteiger partial charge in [0, 0.05) is 44.4 Å². The van der Waals surface area contributed by atoms with Crippen LogP contribution in [0.4, 0.5) is 17.1 Å². The predicted octanol–water partition coefficient (Wildman–Crippen LogP) is 15.3. The molecule has 3 aliphatic rings. The van der Waals surface area contributed by atoms with Crippen LogP contribution in [0.5, 0.6) is 0 Å². The van der Waals surface area contributed by atoms with E-state index in [0.717, 1.165) is 35.6 Å². The maximum absolute atomic E-state index is 2.50. The van der Waals surface area contributed by atoms with Crippen molar-refractivity contribution in [2.24, 2.45) is 0 Å². The maximum atomic E-state index is 2.50. The molecule has 1 aromatic heterocycles. The van der Waals surface area contributed by atoms with Gasteiger partial charge in [-0.25, -0.2) is 0 Å². The van der Waals surface area contributed by atoms with E-state index in [1.54, 1.807) is 0 Å². The van der Waals surface area contributed by atoms with Crippen molar-refractivity contribution in [3.8, 4) is 39.1 Å². The van der Waals surface area contributed by atoms with E-state index in [1.807, 2.05) is 0 Å². The molecule has 3 aliphatic carbocycles. The molecule has 0 unspecified atom stereocenters. The molecule has 0 radical (unpaired) electrons. The zero-order chi connectivity index (χ0) is 41.2. The summed E-state index contributed by atoms with van der Waals surface area (Å²) in [6.07, 6.45) is 2.08. The molecule has 294 valence electrons. The Morgan fingerprint density at radius 2 is 0.935 bits per heavy atom. The fourth-order valence-corrected chi connectivity index (χ4v) is 11.7. The lowest BCUT2D eigenvalue weighted by Gasteiger charge is -2.28. The van der Waals surface area contributed by atoms with Crippen LogP contribution in [0.3, 0.4) is 0 Å². The third-order valence-corrected chi connectivity index (χ3v) is 14.6. The highest BCUT2D eigenvalue weighted by atomic mass is 15.1. The molecule has 13 rings (SSSR count). The number of benzene rings is 9. The van der Waals surface area contributed by atoms with Gasteiger partial charge in [0.25, 0.3) is 0 Å². The second-order valence-electron chi connectivity index (χ2n) is 18.2. The predicted molar refractivity (Wildman–Crippen MR) is 259 cm³/mol. The second kappa shape index (κ2) is 13.0. The van der Waals surface area contributed by atoms with Gasteiger partial charge in [-0.05, 0) is 140 Å². The minimum atomic E-state index is -0.119. The topological polar surface area (TPSA) is 8.17 Å². The Morgan fingerprint density at radius 1 is 0.387 bits per heavy atom. The van der Waals surface area contributed by atoms with Gasteiger partial charge in [0.15, 0.2) is 0 Å². The van der Waals surface area contributed by atoms with Gasteiger partial charge in [-0.15, -0.1) is 0 Å². The molecule has 0 saturated carbocycles. The van der Waals surface area contributed by atoms with E-state index in [9.17, 15) is 0 Å². The van der Waals surface area contributed by atoms with Gasteiger partial charge in [0.2, 0.25) is 0 Å². The second-order valence-corrected chi connectivity index (χ2v) is 18.2. The SMILES string of the molecule is CC1(C)c2ccccc2-c2ccc(N(c3ccc(-c4ccc5c(c4)C4(Cc6ccccc6C4)c4ccccc4-5)cc3)c3ccc4c5ccccc5n(-c5ccccc5)c4c3)cc21. The number of hydrogen-bond acceptors (Lipinski definition) is 1. The average molecular weight is 793 g/mol. The molecule has 2 nitrogen and oxygen atoms in total. The van der Waals surface area contributed by atoms with E-state index in [1.165, 1.54) is 88.6 Å². The van der Waals surface area contributed by atoms with E-state index < -0.39 is 0 Å². The Hall–Kier alpha value is -7.42. The first-order valence-electron chi connectivity index (χ1n) is 22.0. The molecule has 0 aliphatic heterocycles. The minimum Gasteiger partial charge on any atom is -0.310 e. The Balaban J connectivity index is 0.959. The molecule has 0 atom stereocenters. The largest absolute Gasteiger partial charge is 0.310 e. The lowest BCUT2D eigenvalue weighted by atomic mass is 9.75. The first-order chi connectivity index (χ1) is 30.5. The summed E-state index contributed by atoms with van der Waals surface area (Å²) >= 11 is 0. The highest BCUT2D eigenvalue weighted by Crippen LogP contribution is 2.56. The fraction of sp³-hybridized carbons (Fsp3) is 0.100. The normalized spacial score (nSPS) is 14.7. The third-order valence-electron chi connectivity index (χ3n) is 14.6. The lowest BCUT2D eigenvalue weighted by molar-refractivity contribution is 0.564. The van der Waals surface area contributed by atoms with E-state index in [-0.39, 0.29) is 10.8 Å². The number of anilines is 3. The summed E-state index contributed by atoms with van der Waals surface area (Å²) in [6, 6.07) is 77.3. The van der Waals surface area contributed by atoms with Gasteiger partial charge in [-0.2, -0.15) is 0 Å². The molecular formula is C60H44N2. The van der Waals surface area contributed by atoms with Crippen LogP contribution in [-0.2, 0) is 23.7 Å². The summed E-state index contributed by atoms with van der Waals surface area (Å²) in [7, 11) is 0. The molecule has 0 amide bonds. The van der Waals surface area contributed by atoms with Crippen LogP contribution in [0.1, 0.15) is 47.2 Å². The van der Waals surface area contributed by atoms with Crippen LogP contribution in [0.25, 0.3) is 60.9 Å². The monoisotopic (exact) mass is 792 g/mol. The van der Waals surface area contributed by atoms with Gasteiger partial charge < -0.3 is 9.47 Å². The van der Waals surface area contributed by atoms with Crippen molar-refractivity contribution in [1.29, 1.82) is 0 Å². The number of para-hydroxylation sites is 2. The molecule has 1 heterocycles. The molecule has 0 N–H and O–H groups in total. The quantitative estimate of drug-likeness (QED) is 0.169. The van der Waals surface area contributed by atoms with Crippen molar-refractivity contribution < 1.29 is 0 Å². The third kappa shape index (κ3) is 4.98. The number of aromatic nitrogens is 1. The zero-order valence-electron chi connectivity index (χ0n) is 34.9. The van der Waals surface area contributed by atoms with E-state index in [4.69, 9.17) is 0 Å². The minimum absolute atomic E-state index is 0.0375.